The van der Waals surface area contributed by atoms with Crippen LogP contribution in [0.15, 0.2) is 30.6 Å². The Balaban J connectivity index is 1.66. The molecule has 160 valence electrons. The van der Waals surface area contributed by atoms with Gasteiger partial charge in [0, 0.05) is 32.0 Å². The molecule has 2 aromatic rings. The van der Waals surface area contributed by atoms with Crippen LogP contribution in [0, 0.1) is 12.8 Å². The summed E-state index contributed by atoms with van der Waals surface area (Å²) in [6.07, 6.45) is 7.87. The van der Waals surface area contributed by atoms with Crippen LogP contribution >= 0.6 is 0 Å². The van der Waals surface area contributed by atoms with E-state index in [1.165, 1.54) is 24.7 Å². The van der Waals surface area contributed by atoms with Gasteiger partial charge in [-0.1, -0.05) is 25.1 Å². The third-order valence-electron chi connectivity index (χ3n) is 5.68. The van der Waals surface area contributed by atoms with E-state index in [1.807, 2.05) is 19.1 Å². The van der Waals surface area contributed by atoms with Crippen LogP contribution in [-0.4, -0.2) is 34.6 Å². The normalized spacial score (nSPS) is 13.3. The van der Waals surface area contributed by atoms with Crippen molar-refractivity contribution < 1.29 is 9.59 Å². The molecule has 1 saturated carbocycles. The summed E-state index contributed by atoms with van der Waals surface area (Å²) in [7, 11) is 0. The highest BCUT2D eigenvalue weighted by atomic mass is 16.1. The molecule has 0 saturated heterocycles. The standard InChI is InChI=1S/C25H33N3O2/c1-4-12-28(16-21-8-9-21)25-15-23(26-17-27-25)24(30)14-22-11-10-20(13-18(22)2)7-5-6-19(3)29/h10-11,13,15,17,21H,4-9,12,14,16H2,1-3H3. The number of nitrogens with zero attached hydrogens (tertiary/aromatic N) is 3. The molecule has 5 heteroatoms. The fraction of sp³-hybridized carbons (Fsp3) is 0.520. The van der Waals surface area contributed by atoms with Gasteiger partial charge in [0.15, 0.2) is 5.78 Å². The van der Waals surface area contributed by atoms with E-state index < -0.39 is 0 Å². The van der Waals surface area contributed by atoms with Gasteiger partial charge in [-0.05, 0) is 68.6 Å². The van der Waals surface area contributed by atoms with Crippen molar-refractivity contribution in [2.75, 3.05) is 18.0 Å². The zero-order valence-electron chi connectivity index (χ0n) is 18.5. The average Bonchev–Trinajstić information content (AvgIpc) is 3.53. The number of hydrogen-bond donors (Lipinski definition) is 0. The van der Waals surface area contributed by atoms with Gasteiger partial charge in [0.25, 0.3) is 0 Å². The van der Waals surface area contributed by atoms with Crippen molar-refractivity contribution in [3.05, 3.63) is 53.0 Å². The van der Waals surface area contributed by atoms with Gasteiger partial charge in [0.1, 0.15) is 23.6 Å². The largest absolute Gasteiger partial charge is 0.356 e. The average molecular weight is 408 g/mol. The Morgan fingerprint density at radius 2 is 1.97 bits per heavy atom. The lowest BCUT2D eigenvalue weighted by molar-refractivity contribution is -0.117. The molecule has 0 aliphatic heterocycles. The Bertz CT molecular complexity index is 890. The highest BCUT2D eigenvalue weighted by Gasteiger charge is 2.25. The number of ketones is 2. The van der Waals surface area contributed by atoms with E-state index in [0.29, 0.717) is 18.5 Å². The van der Waals surface area contributed by atoms with Crippen LogP contribution < -0.4 is 4.90 Å². The Morgan fingerprint density at radius 3 is 2.63 bits per heavy atom. The number of rotatable bonds is 12. The monoisotopic (exact) mass is 407 g/mol. The Labute approximate surface area is 179 Å². The molecule has 0 amide bonds. The fourth-order valence-corrected chi connectivity index (χ4v) is 3.77. The van der Waals surface area contributed by atoms with E-state index in [4.69, 9.17) is 0 Å². The lowest BCUT2D eigenvalue weighted by Gasteiger charge is -2.23. The van der Waals surface area contributed by atoms with Crippen LogP contribution in [0.5, 0.6) is 0 Å². The second kappa shape index (κ2) is 10.5. The van der Waals surface area contributed by atoms with Gasteiger partial charge in [-0.3, -0.25) is 4.79 Å². The summed E-state index contributed by atoms with van der Waals surface area (Å²) >= 11 is 0. The molecule has 0 atom stereocenters. The van der Waals surface area contributed by atoms with E-state index in [1.54, 1.807) is 6.92 Å². The van der Waals surface area contributed by atoms with E-state index >= 15 is 0 Å². The summed E-state index contributed by atoms with van der Waals surface area (Å²) in [4.78, 5) is 35.0. The SMILES string of the molecule is CCCN(CC1CC1)c1cc(C(=O)Cc2ccc(CCCC(C)=O)cc2C)ncn1. The molecule has 3 rings (SSSR count). The van der Waals surface area contributed by atoms with Crippen LogP contribution in [0.1, 0.15) is 73.1 Å². The first-order valence-corrected chi connectivity index (χ1v) is 11.1. The molecule has 1 fully saturated rings. The fourth-order valence-electron chi connectivity index (χ4n) is 3.77. The summed E-state index contributed by atoms with van der Waals surface area (Å²) < 4.78 is 0. The number of anilines is 1. The molecule has 0 N–H and O–H groups in total. The Hall–Kier alpha value is -2.56. The second-order valence-corrected chi connectivity index (χ2v) is 8.57. The van der Waals surface area contributed by atoms with Gasteiger partial charge in [-0.25, -0.2) is 9.97 Å². The van der Waals surface area contributed by atoms with Crippen LogP contribution in [0.25, 0.3) is 0 Å². The molecule has 1 aliphatic carbocycles. The molecule has 0 unspecified atom stereocenters. The lowest BCUT2D eigenvalue weighted by Crippen LogP contribution is -2.27. The molecular weight excluding hydrogens is 374 g/mol. The third kappa shape index (κ3) is 6.48. The number of carbonyl (C=O) groups is 2. The zero-order chi connectivity index (χ0) is 21.5. The van der Waals surface area contributed by atoms with Crippen molar-refractivity contribution in [1.82, 2.24) is 9.97 Å². The number of aromatic nitrogens is 2. The van der Waals surface area contributed by atoms with E-state index in [9.17, 15) is 9.59 Å². The van der Waals surface area contributed by atoms with E-state index in [2.05, 4.69) is 33.9 Å². The van der Waals surface area contributed by atoms with Crippen LogP contribution in [0.4, 0.5) is 5.82 Å². The van der Waals surface area contributed by atoms with Crippen LogP contribution in [-0.2, 0) is 17.6 Å². The van der Waals surface area contributed by atoms with Crippen molar-refractivity contribution in [2.24, 2.45) is 5.92 Å². The Kier molecular flexibility index (Phi) is 7.72. The van der Waals surface area contributed by atoms with Gasteiger partial charge >= 0.3 is 0 Å². The molecule has 1 aromatic carbocycles. The molecular formula is C25H33N3O2. The first kappa shape index (κ1) is 22.1. The smallest absolute Gasteiger partial charge is 0.185 e. The van der Waals surface area contributed by atoms with Gasteiger partial charge in [-0.2, -0.15) is 0 Å². The maximum Gasteiger partial charge on any atom is 0.185 e. The highest BCUT2D eigenvalue weighted by molar-refractivity contribution is 5.96. The summed E-state index contributed by atoms with van der Waals surface area (Å²) in [5.74, 6) is 1.88. The quantitative estimate of drug-likeness (QED) is 0.475. The third-order valence-corrected chi connectivity index (χ3v) is 5.68. The first-order valence-electron chi connectivity index (χ1n) is 11.1. The Morgan fingerprint density at radius 1 is 1.17 bits per heavy atom. The predicted molar refractivity (Wildman–Crippen MR) is 120 cm³/mol. The minimum Gasteiger partial charge on any atom is -0.356 e. The summed E-state index contributed by atoms with van der Waals surface area (Å²) in [5.41, 5.74) is 3.84. The molecule has 0 bridgehead atoms. The molecule has 0 spiro atoms. The topological polar surface area (TPSA) is 63.2 Å². The van der Waals surface area contributed by atoms with Crippen molar-refractivity contribution in [3.8, 4) is 0 Å². The summed E-state index contributed by atoms with van der Waals surface area (Å²) in [5, 5.41) is 0. The summed E-state index contributed by atoms with van der Waals surface area (Å²) in [6, 6.07) is 8.09. The van der Waals surface area contributed by atoms with Gasteiger partial charge in [-0.15, -0.1) is 0 Å². The molecule has 0 radical (unpaired) electrons. The number of aryl methyl sites for hydroxylation is 2. The molecule has 1 heterocycles. The number of benzene rings is 1. The van der Waals surface area contributed by atoms with E-state index in [0.717, 1.165) is 55.2 Å². The van der Waals surface area contributed by atoms with Crippen molar-refractivity contribution >= 4 is 17.4 Å². The number of carbonyl (C=O) groups excluding carboxylic acids is 2. The maximum absolute atomic E-state index is 12.9. The van der Waals surface area contributed by atoms with E-state index in [-0.39, 0.29) is 11.6 Å². The van der Waals surface area contributed by atoms with Crippen molar-refractivity contribution in [2.45, 2.75) is 65.7 Å². The molecule has 30 heavy (non-hydrogen) atoms. The summed E-state index contributed by atoms with van der Waals surface area (Å²) in [6.45, 7) is 7.81. The first-order chi connectivity index (χ1) is 14.5. The molecule has 1 aromatic heterocycles. The van der Waals surface area contributed by atoms with Crippen LogP contribution in [0.3, 0.4) is 0 Å². The lowest BCUT2D eigenvalue weighted by atomic mass is 9.97. The number of hydrogen-bond acceptors (Lipinski definition) is 5. The molecule has 1 aliphatic rings. The maximum atomic E-state index is 12.9. The second-order valence-electron chi connectivity index (χ2n) is 8.57. The highest BCUT2D eigenvalue weighted by Crippen LogP contribution is 2.31. The van der Waals surface area contributed by atoms with Gasteiger partial charge in [0.05, 0.1) is 0 Å². The molecule has 5 nitrogen and oxygen atoms in total. The number of Topliss-reactive ketones (excluding diaryl/α,β-unsaturated/α-hetero) is 2. The van der Waals surface area contributed by atoms with Crippen LogP contribution in [0.2, 0.25) is 0 Å². The van der Waals surface area contributed by atoms with Crippen molar-refractivity contribution in [3.63, 3.8) is 0 Å². The van der Waals surface area contributed by atoms with Gasteiger partial charge in [0.2, 0.25) is 0 Å². The van der Waals surface area contributed by atoms with Crippen molar-refractivity contribution in [1.29, 1.82) is 0 Å². The predicted octanol–water partition coefficient (Wildman–Crippen LogP) is 4.75. The minimum atomic E-state index is 0.0222. The van der Waals surface area contributed by atoms with Gasteiger partial charge < -0.3 is 9.69 Å². The minimum absolute atomic E-state index is 0.0222. The zero-order valence-corrected chi connectivity index (χ0v) is 18.5.